The molecule has 2 rings (SSSR count). The summed E-state index contributed by atoms with van der Waals surface area (Å²) >= 11 is 0. The lowest BCUT2D eigenvalue weighted by Crippen LogP contribution is -2.36. The lowest BCUT2D eigenvalue weighted by atomic mass is 10.2. The van der Waals surface area contributed by atoms with Crippen LogP contribution >= 0.6 is 0 Å². The predicted molar refractivity (Wildman–Crippen MR) is 68.5 cm³/mol. The van der Waals surface area contributed by atoms with E-state index >= 15 is 0 Å². The fourth-order valence-corrected chi connectivity index (χ4v) is 1.80. The Balaban J connectivity index is 1.95. The molecular weight excluding hydrogens is 233 g/mol. The number of ether oxygens (including phenoxy) is 2. The molecule has 1 saturated carbocycles. The summed E-state index contributed by atoms with van der Waals surface area (Å²) in [6, 6.07) is 5.79. The number of nitrogens with one attached hydrogen (secondary N) is 1. The third kappa shape index (κ3) is 3.68. The van der Waals surface area contributed by atoms with Gasteiger partial charge in [0.05, 0.1) is 6.61 Å². The molecule has 1 aromatic carbocycles. The molecule has 0 heterocycles. The van der Waals surface area contributed by atoms with E-state index in [0.717, 1.165) is 0 Å². The summed E-state index contributed by atoms with van der Waals surface area (Å²) in [7, 11) is 1.63. The molecule has 0 aliphatic heterocycles. The molecule has 1 aliphatic rings. The quantitative estimate of drug-likeness (QED) is 0.808. The minimum atomic E-state index is -0.287. The highest BCUT2D eigenvalue weighted by Crippen LogP contribution is 2.22. The van der Waals surface area contributed by atoms with Gasteiger partial charge in [0.15, 0.2) is 11.6 Å². The average Bonchev–Trinajstić information content (AvgIpc) is 3.16. The summed E-state index contributed by atoms with van der Waals surface area (Å²) in [4.78, 5) is 0. The molecule has 0 saturated heterocycles. The Morgan fingerprint density at radius 1 is 1.44 bits per heavy atom. The molecule has 1 aliphatic carbocycles. The minimum absolute atomic E-state index is 0.160. The average molecular weight is 253 g/mol. The second-order valence-corrected chi connectivity index (χ2v) is 4.76. The molecule has 100 valence electrons. The van der Waals surface area contributed by atoms with Crippen molar-refractivity contribution in [2.45, 2.75) is 31.9 Å². The summed E-state index contributed by atoms with van der Waals surface area (Å²) in [5.74, 6) is 0.0136. The van der Waals surface area contributed by atoms with Crippen molar-refractivity contribution in [3.8, 4) is 5.75 Å². The van der Waals surface area contributed by atoms with Crippen molar-refractivity contribution in [2.75, 3.05) is 20.3 Å². The van der Waals surface area contributed by atoms with Gasteiger partial charge in [-0.15, -0.1) is 0 Å². The van der Waals surface area contributed by atoms with Crippen LogP contribution in [0.25, 0.3) is 0 Å². The number of hydrogen-bond donors (Lipinski definition) is 1. The number of hydrogen-bond acceptors (Lipinski definition) is 3. The number of rotatable bonds is 7. The van der Waals surface area contributed by atoms with Gasteiger partial charge in [-0.3, -0.25) is 0 Å². The molecule has 3 nitrogen and oxygen atoms in total. The SMILES string of the molecule is COCC(CNC1CC1)Oc1cccc(C)c1F. The van der Waals surface area contributed by atoms with Crippen LogP contribution in [-0.4, -0.2) is 32.4 Å². The van der Waals surface area contributed by atoms with Crippen LogP contribution in [0, 0.1) is 12.7 Å². The van der Waals surface area contributed by atoms with E-state index in [4.69, 9.17) is 9.47 Å². The smallest absolute Gasteiger partial charge is 0.167 e. The predicted octanol–water partition coefficient (Wildman–Crippen LogP) is 2.28. The molecule has 0 amide bonds. The van der Waals surface area contributed by atoms with Crippen molar-refractivity contribution < 1.29 is 13.9 Å². The molecule has 1 atom stereocenters. The van der Waals surface area contributed by atoms with Crippen LogP contribution in [0.5, 0.6) is 5.75 Å². The summed E-state index contributed by atoms with van der Waals surface area (Å²) in [6.07, 6.45) is 2.28. The third-order valence-electron chi connectivity index (χ3n) is 3.01. The van der Waals surface area contributed by atoms with E-state index in [1.54, 1.807) is 32.2 Å². The first-order valence-electron chi connectivity index (χ1n) is 6.34. The van der Waals surface area contributed by atoms with E-state index in [2.05, 4.69) is 5.32 Å². The van der Waals surface area contributed by atoms with Gasteiger partial charge < -0.3 is 14.8 Å². The highest BCUT2D eigenvalue weighted by atomic mass is 19.1. The molecule has 0 aromatic heterocycles. The second kappa shape index (κ2) is 6.16. The first kappa shape index (κ1) is 13.3. The van der Waals surface area contributed by atoms with Crippen LogP contribution in [-0.2, 0) is 4.74 Å². The van der Waals surface area contributed by atoms with Gasteiger partial charge in [0.25, 0.3) is 0 Å². The summed E-state index contributed by atoms with van der Waals surface area (Å²) < 4.78 is 24.6. The van der Waals surface area contributed by atoms with Crippen molar-refractivity contribution >= 4 is 0 Å². The molecule has 1 fully saturated rings. The number of methoxy groups -OCH3 is 1. The Hall–Kier alpha value is -1.13. The lowest BCUT2D eigenvalue weighted by molar-refractivity contribution is 0.0776. The van der Waals surface area contributed by atoms with Crippen LogP contribution in [0.1, 0.15) is 18.4 Å². The zero-order valence-electron chi connectivity index (χ0n) is 10.9. The molecule has 0 spiro atoms. The molecule has 18 heavy (non-hydrogen) atoms. The van der Waals surface area contributed by atoms with Crippen LogP contribution < -0.4 is 10.1 Å². The lowest BCUT2D eigenvalue weighted by Gasteiger charge is -2.19. The molecule has 1 aromatic rings. The fraction of sp³-hybridized carbons (Fsp3) is 0.571. The van der Waals surface area contributed by atoms with Crippen molar-refractivity contribution in [3.63, 3.8) is 0 Å². The Morgan fingerprint density at radius 3 is 2.89 bits per heavy atom. The Bertz CT molecular complexity index is 393. The number of benzene rings is 1. The van der Waals surface area contributed by atoms with E-state index in [1.807, 2.05) is 0 Å². The highest BCUT2D eigenvalue weighted by molar-refractivity contribution is 5.30. The number of halogens is 1. The van der Waals surface area contributed by atoms with Crippen molar-refractivity contribution in [2.24, 2.45) is 0 Å². The monoisotopic (exact) mass is 253 g/mol. The largest absolute Gasteiger partial charge is 0.484 e. The van der Waals surface area contributed by atoms with Crippen molar-refractivity contribution in [3.05, 3.63) is 29.6 Å². The maximum Gasteiger partial charge on any atom is 0.167 e. The van der Waals surface area contributed by atoms with Gasteiger partial charge in [0, 0.05) is 19.7 Å². The Kier molecular flexibility index (Phi) is 4.55. The normalized spacial score (nSPS) is 16.6. The van der Waals surface area contributed by atoms with Crippen molar-refractivity contribution in [1.29, 1.82) is 0 Å². The van der Waals surface area contributed by atoms with E-state index in [0.29, 0.717) is 30.5 Å². The van der Waals surface area contributed by atoms with Gasteiger partial charge in [-0.2, -0.15) is 0 Å². The van der Waals surface area contributed by atoms with Crippen LogP contribution in [0.3, 0.4) is 0 Å². The topological polar surface area (TPSA) is 30.5 Å². The summed E-state index contributed by atoms with van der Waals surface area (Å²) in [5, 5.41) is 3.37. The molecule has 4 heteroatoms. The van der Waals surface area contributed by atoms with Crippen LogP contribution in [0.4, 0.5) is 4.39 Å². The maximum absolute atomic E-state index is 13.8. The maximum atomic E-state index is 13.8. The second-order valence-electron chi connectivity index (χ2n) is 4.76. The zero-order valence-corrected chi connectivity index (χ0v) is 10.9. The van der Waals surface area contributed by atoms with Gasteiger partial charge in [-0.05, 0) is 31.4 Å². The number of aryl methyl sites for hydroxylation is 1. The standard InChI is InChI=1S/C14H20FNO2/c1-10-4-3-5-13(14(10)15)18-12(9-17-2)8-16-11-6-7-11/h3-5,11-12,16H,6-9H2,1-2H3. The van der Waals surface area contributed by atoms with Gasteiger partial charge in [-0.1, -0.05) is 12.1 Å². The van der Waals surface area contributed by atoms with Crippen molar-refractivity contribution in [1.82, 2.24) is 5.32 Å². The van der Waals surface area contributed by atoms with E-state index in [-0.39, 0.29) is 11.9 Å². The van der Waals surface area contributed by atoms with Gasteiger partial charge in [-0.25, -0.2) is 4.39 Å². The first-order valence-corrected chi connectivity index (χ1v) is 6.34. The van der Waals surface area contributed by atoms with Crippen LogP contribution in [0.2, 0.25) is 0 Å². The highest BCUT2D eigenvalue weighted by Gasteiger charge is 2.23. The third-order valence-corrected chi connectivity index (χ3v) is 3.01. The minimum Gasteiger partial charge on any atom is -0.484 e. The van der Waals surface area contributed by atoms with Gasteiger partial charge in [0.1, 0.15) is 6.10 Å². The van der Waals surface area contributed by atoms with E-state index in [1.165, 1.54) is 12.8 Å². The molecule has 1 unspecified atom stereocenters. The molecule has 0 radical (unpaired) electrons. The fourth-order valence-electron chi connectivity index (χ4n) is 1.80. The zero-order chi connectivity index (χ0) is 13.0. The Morgan fingerprint density at radius 2 is 2.22 bits per heavy atom. The molecular formula is C14H20FNO2. The molecule has 1 N–H and O–H groups in total. The summed E-state index contributed by atoms with van der Waals surface area (Å²) in [5.41, 5.74) is 0.596. The Labute approximate surface area is 107 Å². The first-order chi connectivity index (χ1) is 8.70. The van der Waals surface area contributed by atoms with Gasteiger partial charge >= 0.3 is 0 Å². The molecule has 0 bridgehead atoms. The van der Waals surface area contributed by atoms with Gasteiger partial charge in [0.2, 0.25) is 0 Å². The summed E-state index contributed by atoms with van der Waals surface area (Å²) in [6.45, 7) is 2.87. The van der Waals surface area contributed by atoms with E-state index < -0.39 is 0 Å². The van der Waals surface area contributed by atoms with E-state index in [9.17, 15) is 4.39 Å². The van der Waals surface area contributed by atoms with Crippen LogP contribution in [0.15, 0.2) is 18.2 Å².